The van der Waals surface area contributed by atoms with Gasteiger partial charge in [0.25, 0.3) is 0 Å². The van der Waals surface area contributed by atoms with Crippen molar-refractivity contribution < 1.29 is 51.0 Å². The molecule has 0 spiro atoms. The van der Waals surface area contributed by atoms with Crippen LogP contribution >= 0.6 is 0 Å². The van der Waals surface area contributed by atoms with Crippen LogP contribution in [0, 0.1) is 21.8 Å². The Morgan fingerprint density at radius 3 is 2.11 bits per heavy atom. The Balaban J connectivity index is 0.00000176. The second kappa shape index (κ2) is 12.0. The predicted octanol–water partition coefficient (Wildman–Crippen LogP) is 3.72. The Hall–Kier alpha value is -0.877. The summed E-state index contributed by atoms with van der Waals surface area (Å²) in [5.41, 5.74) is 14.3. The Morgan fingerprint density at radius 2 is 1.55 bits per heavy atom. The standard InChI is InChI=1S/C41H53.2ClH.Zr/c1-23(2)33-34-24(3)16-17-39(8,9)37(34)35(26-14-15-28(18-26)38(5,6)7)30-19-27-20-32-31(21-29(27)36(30)33)40(10,11)22-25(4)41(32,12)13;;;/h15,18,20-21,24-25H,14,16-17,22H2,1-13H3;2*1H;/q-1;;;+3/p-2. The van der Waals surface area contributed by atoms with Crippen molar-refractivity contribution in [3.05, 3.63) is 84.1 Å². The van der Waals surface area contributed by atoms with Crippen molar-refractivity contribution in [2.45, 2.75) is 138 Å². The Kier molecular flexibility index (Phi) is 10.2. The first-order valence-corrected chi connectivity index (χ1v) is 16.3. The number of fused-ring (bicyclic) bond motifs is 4. The van der Waals surface area contributed by atoms with Crippen LogP contribution in [0.3, 0.4) is 0 Å². The third-order valence-corrected chi connectivity index (χ3v) is 11.6. The normalized spacial score (nSPS) is 23.2. The maximum atomic E-state index is 4.13. The first kappa shape index (κ1) is 37.6. The van der Waals surface area contributed by atoms with E-state index in [0.29, 0.717) is 11.8 Å². The van der Waals surface area contributed by atoms with Crippen LogP contribution in [0.4, 0.5) is 0 Å². The summed E-state index contributed by atoms with van der Waals surface area (Å²) in [7, 11) is 0. The summed E-state index contributed by atoms with van der Waals surface area (Å²) in [6, 6.07) is 5.16. The summed E-state index contributed by atoms with van der Waals surface area (Å²) in [6.45, 7) is 31.6. The minimum atomic E-state index is 0. The molecule has 4 aliphatic carbocycles. The van der Waals surface area contributed by atoms with Gasteiger partial charge in [-0.3, -0.25) is 0 Å². The van der Waals surface area contributed by atoms with Crippen molar-refractivity contribution in [3.8, 4) is 0 Å². The average molecular weight is 708 g/mol. The SMILES string of the molecule is CC(C)=c1c2c(c(C3=CC(C(C)(C)C)=CC3)c3c1=c1cc4c(cc1=[C-]3)C(C)(C)C(C)CC4(C)C)C(C)(C)CCC2C.[Cl-].[Cl-].[Zr+3]. The van der Waals surface area contributed by atoms with E-state index in [0.717, 1.165) is 6.42 Å². The molecule has 0 aromatic heterocycles. The topological polar surface area (TPSA) is 0 Å². The Morgan fingerprint density at radius 1 is 0.909 bits per heavy atom. The minimum absolute atomic E-state index is 0. The number of allylic oxidation sites excluding steroid dienone is 4. The fourth-order valence-electron chi connectivity index (χ4n) is 8.80. The van der Waals surface area contributed by atoms with Gasteiger partial charge in [0.05, 0.1) is 0 Å². The molecule has 6 rings (SSSR count). The van der Waals surface area contributed by atoms with Crippen molar-refractivity contribution in [3.63, 3.8) is 0 Å². The van der Waals surface area contributed by atoms with Gasteiger partial charge < -0.3 is 24.8 Å². The molecule has 4 aliphatic rings. The Labute approximate surface area is 299 Å². The molecule has 0 N–H and O–H groups in total. The van der Waals surface area contributed by atoms with Gasteiger partial charge in [-0.1, -0.05) is 133 Å². The molecular weight excluding hydrogens is 655 g/mol. The maximum Gasteiger partial charge on any atom is 3.00 e. The smallest absolute Gasteiger partial charge is 1.00 e. The number of halogens is 2. The van der Waals surface area contributed by atoms with Crippen molar-refractivity contribution in [2.24, 2.45) is 11.3 Å². The second-order valence-corrected chi connectivity index (χ2v) is 17.2. The summed E-state index contributed by atoms with van der Waals surface area (Å²) in [6.07, 6.45) is 13.9. The van der Waals surface area contributed by atoms with E-state index in [1.165, 1.54) is 73.5 Å². The zero-order valence-corrected chi connectivity index (χ0v) is 33.5. The molecule has 0 saturated heterocycles. The molecule has 0 heterocycles. The van der Waals surface area contributed by atoms with E-state index in [1.54, 1.807) is 16.7 Å². The molecule has 235 valence electrons. The number of benzene rings is 2. The van der Waals surface area contributed by atoms with Gasteiger partial charge >= 0.3 is 26.2 Å². The quantitative estimate of drug-likeness (QED) is 0.339. The summed E-state index contributed by atoms with van der Waals surface area (Å²) >= 11 is 0. The molecule has 0 aliphatic heterocycles. The molecule has 2 aromatic rings. The molecule has 44 heavy (non-hydrogen) atoms. The van der Waals surface area contributed by atoms with E-state index in [9.17, 15) is 0 Å². The van der Waals surface area contributed by atoms with Gasteiger partial charge in [-0.15, -0.1) is 33.4 Å². The molecule has 0 fully saturated rings. The number of hydrogen-bond donors (Lipinski definition) is 0. The van der Waals surface area contributed by atoms with Crippen LogP contribution in [0.25, 0.3) is 17.2 Å². The van der Waals surface area contributed by atoms with Gasteiger partial charge in [0.1, 0.15) is 0 Å². The monoisotopic (exact) mass is 705 g/mol. The minimum Gasteiger partial charge on any atom is -1.00 e. The van der Waals surface area contributed by atoms with E-state index >= 15 is 0 Å². The van der Waals surface area contributed by atoms with Gasteiger partial charge in [0.2, 0.25) is 0 Å². The summed E-state index contributed by atoms with van der Waals surface area (Å²) < 4.78 is 0. The third kappa shape index (κ3) is 5.56. The van der Waals surface area contributed by atoms with Crippen molar-refractivity contribution in [1.29, 1.82) is 0 Å². The molecular formula is C41H53Cl2Zr. The number of rotatable bonds is 1. The summed E-state index contributed by atoms with van der Waals surface area (Å²) in [4.78, 5) is 0. The summed E-state index contributed by atoms with van der Waals surface area (Å²) in [5.74, 6) is 1.20. The Bertz CT molecular complexity index is 1790. The first-order valence-electron chi connectivity index (χ1n) is 16.3. The summed E-state index contributed by atoms with van der Waals surface area (Å²) in [5, 5.41) is 5.74. The van der Waals surface area contributed by atoms with Gasteiger partial charge in [-0.05, 0) is 84.2 Å². The molecule has 1 radical (unpaired) electrons. The van der Waals surface area contributed by atoms with E-state index in [-0.39, 0.29) is 72.7 Å². The van der Waals surface area contributed by atoms with Crippen LogP contribution < -0.4 is 35.3 Å². The van der Waals surface area contributed by atoms with E-state index < -0.39 is 0 Å². The van der Waals surface area contributed by atoms with Gasteiger partial charge in [0.15, 0.2) is 0 Å². The van der Waals surface area contributed by atoms with Gasteiger partial charge in [-0.25, -0.2) is 0 Å². The predicted molar refractivity (Wildman–Crippen MR) is 178 cm³/mol. The van der Waals surface area contributed by atoms with Gasteiger partial charge in [-0.2, -0.15) is 0 Å². The molecule has 3 heteroatoms. The molecule has 0 nitrogen and oxygen atoms in total. The maximum absolute atomic E-state index is 4.13. The van der Waals surface area contributed by atoms with Crippen molar-refractivity contribution in [2.75, 3.05) is 0 Å². The van der Waals surface area contributed by atoms with Crippen LogP contribution in [0.1, 0.15) is 155 Å². The average Bonchev–Trinajstić information content (AvgIpc) is 3.48. The van der Waals surface area contributed by atoms with Crippen LogP contribution in [0.5, 0.6) is 0 Å². The van der Waals surface area contributed by atoms with Crippen LogP contribution in [-0.4, -0.2) is 0 Å². The largest absolute Gasteiger partial charge is 3.00 e. The zero-order chi connectivity index (χ0) is 30.0. The molecule has 2 aromatic carbocycles. The first-order chi connectivity index (χ1) is 18.9. The van der Waals surface area contributed by atoms with Crippen molar-refractivity contribution >= 4 is 17.2 Å². The van der Waals surface area contributed by atoms with Crippen molar-refractivity contribution in [1.82, 2.24) is 0 Å². The second-order valence-electron chi connectivity index (χ2n) is 17.2. The van der Waals surface area contributed by atoms with E-state index in [2.05, 4.69) is 120 Å². The third-order valence-electron chi connectivity index (χ3n) is 11.6. The van der Waals surface area contributed by atoms with Crippen LogP contribution in [-0.2, 0) is 42.4 Å². The molecule has 0 saturated carbocycles. The fraction of sp³-hybridized carbons (Fsp3) is 0.561. The van der Waals surface area contributed by atoms with Crippen LogP contribution in [0.2, 0.25) is 0 Å². The molecule has 0 bridgehead atoms. The number of hydrogen-bond acceptors (Lipinski definition) is 0. The zero-order valence-electron chi connectivity index (χ0n) is 29.5. The molecule has 0 amide bonds. The molecule has 2 atom stereocenters. The van der Waals surface area contributed by atoms with Crippen LogP contribution in [0.15, 0.2) is 29.9 Å². The van der Waals surface area contributed by atoms with E-state index in [1.807, 2.05) is 0 Å². The van der Waals surface area contributed by atoms with Gasteiger partial charge in [0, 0.05) is 0 Å². The molecule has 2 unspecified atom stereocenters. The fourth-order valence-corrected chi connectivity index (χ4v) is 8.80. The van der Waals surface area contributed by atoms with E-state index in [4.69, 9.17) is 0 Å².